The maximum absolute atomic E-state index is 3.54. The lowest BCUT2D eigenvalue weighted by Crippen LogP contribution is -2.54. The molecule has 3 heterocycles. The van der Waals surface area contributed by atoms with E-state index in [1.54, 1.807) is 0 Å². The number of piperidine rings is 1. The topological polar surface area (TPSA) is 6.48 Å². The summed E-state index contributed by atoms with van der Waals surface area (Å²) < 4.78 is 1.25. The molecule has 2 nitrogen and oxygen atoms in total. The molecule has 0 N–H and O–H groups in total. The normalized spacial score (nSPS) is 27.0. The molecule has 2 aliphatic rings. The number of hydrogen-bond acceptors (Lipinski definition) is 3. The zero-order chi connectivity index (χ0) is 11.7. The van der Waals surface area contributed by atoms with Crippen LogP contribution in [-0.4, -0.2) is 42.0 Å². The molecule has 1 atom stereocenters. The highest BCUT2D eigenvalue weighted by Crippen LogP contribution is 2.26. The Hall–Kier alpha value is 0.1000. The van der Waals surface area contributed by atoms with Crippen molar-refractivity contribution in [2.24, 2.45) is 0 Å². The van der Waals surface area contributed by atoms with Crippen molar-refractivity contribution in [3.63, 3.8) is 0 Å². The van der Waals surface area contributed by atoms with Gasteiger partial charge in [-0.15, -0.1) is 11.3 Å². The van der Waals surface area contributed by atoms with Gasteiger partial charge in [0.25, 0.3) is 0 Å². The summed E-state index contributed by atoms with van der Waals surface area (Å²) in [5.74, 6) is 0. The fourth-order valence-electron chi connectivity index (χ4n) is 3.02. The zero-order valence-corrected chi connectivity index (χ0v) is 12.5. The predicted molar refractivity (Wildman–Crippen MR) is 76.5 cm³/mol. The first kappa shape index (κ1) is 12.2. The fourth-order valence-corrected chi connectivity index (χ4v) is 4.55. The molecule has 0 amide bonds. The molecule has 1 aromatic rings. The Morgan fingerprint density at radius 2 is 2.18 bits per heavy atom. The van der Waals surface area contributed by atoms with Gasteiger partial charge >= 0.3 is 0 Å². The van der Waals surface area contributed by atoms with Gasteiger partial charge < -0.3 is 0 Å². The van der Waals surface area contributed by atoms with E-state index in [1.807, 2.05) is 11.3 Å². The lowest BCUT2D eigenvalue weighted by Gasteiger charge is -2.44. The third-order valence-electron chi connectivity index (χ3n) is 3.93. The second kappa shape index (κ2) is 5.39. The number of thiophene rings is 1. The molecule has 2 aliphatic heterocycles. The maximum atomic E-state index is 3.54. The van der Waals surface area contributed by atoms with Crippen molar-refractivity contribution in [3.05, 3.63) is 20.8 Å². The predicted octanol–water partition coefficient (Wildman–Crippen LogP) is 3.18. The number of nitrogens with zero attached hydrogens (tertiary/aromatic N) is 2. The molecule has 2 fully saturated rings. The molecule has 3 rings (SSSR count). The molecule has 17 heavy (non-hydrogen) atoms. The van der Waals surface area contributed by atoms with Gasteiger partial charge in [0.2, 0.25) is 0 Å². The number of halogens is 1. The minimum absolute atomic E-state index is 0.834. The Morgan fingerprint density at radius 1 is 1.24 bits per heavy atom. The third kappa shape index (κ3) is 2.92. The highest BCUT2D eigenvalue weighted by atomic mass is 79.9. The lowest BCUT2D eigenvalue weighted by atomic mass is 9.99. The minimum Gasteiger partial charge on any atom is -0.298 e. The first-order valence-electron chi connectivity index (χ1n) is 6.52. The van der Waals surface area contributed by atoms with E-state index in [2.05, 4.69) is 37.9 Å². The van der Waals surface area contributed by atoms with Crippen LogP contribution < -0.4 is 0 Å². The van der Waals surface area contributed by atoms with Crippen LogP contribution in [0.25, 0.3) is 0 Å². The van der Waals surface area contributed by atoms with Gasteiger partial charge in [0.1, 0.15) is 0 Å². The largest absolute Gasteiger partial charge is 0.298 e. The van der Waals surface area contributed by atoms with Crippen molar-refractivity contribution in [3.8, 4) is 0 Å². The van der Waals surface area contributed by atoms with E-state index in [9.17, 15) is 0 Å². The Morgan fingerprint density at radius 3 is 3.00 bits per heavy atom. The van der Waals surface area contributed by atoms with Gasteiger partial charge in [-0.3, -0.25) is 9.80 Å². The Labute approximate surface area is 116 Å². The number of rotatable bonds is 2. The summed E-state index contributed by atoms with van der Waals surface area (Å²) >= 11 is 5.42. The standard InChI is InChI=1S/C13H19BrN2S/c14-13-5-4-12(17-13)10-15-7-8-16-6-2-1-3-11(16)9-15/h4-5,11H,1-3,6-10H2. The van der Waals surface area contributed by atoms with Gasteiger partial charge in [0.15, 0.2) is 0 Å². The van der Waals surface area contributed by atoms with E-state index in [1.165, 1.54) is 54.1 Å². The Kier molecular flexibility index (Phi) is 3.85. The Bertz CT molecular complexity index is 379. The first-order chi connectivity index (χ1) is 8.31. The lowest BCUT2D eigenvalue weighted by molar-refractivity contribution is 0.0461. The summed E-state index contributed by atoms with van der Waals surface area (Å²) in [6.07, 6.45) is 4.25. The summed E-state index contributed by atoms with van der Waals surface area (Å²) in [5, 5.41) is 0. The molecule has 1 aromatic heterocycles. The van der Waals surface area contributed by atoms with E-state index in [0.29, 0.717) is 0 Å². The van der Waals surface area contributed by atoms with E-state index < -0.39 is 0 Å². The molecule has 0 spiro atoms. The van der Waals surface area contributed by atoms with Crippen LogP contribution in [0.4, 0.5) is 0 Å². The van der Waals surface area contributed by atoms with E-state index in [-0.39, 0.29) is 0 Å². The van der Waals surface area contributed by atoms with E-state index in [4.69, 9.17) is 0 Å². The average molecular weight is 315 g/mol. The third-order valence-corrected chi connectivity index (χ3v) is 5.54. The van der Waals surface area contributed by atoms with Gasteiger partial charge in [0.05, 0.1) is 3.79 Å². The average Bonchev–Trinajstić information content (AvgIpc) is 2.75. The van der Waals surface area contributed by atoms with Gasteiger partial charge in [0, 0.05) is 37.1 Å². The van der Waals surface area contributed by atoms with Crippen molar-refractivity contribution in [2.45, 2.75) is 31.8 Å². The van der Waals surface area contributed by atoms with Crippen molar-refractivity contribution >= 4 is 27.3 Å². The zero-order valence-electron chi connectivity index (χ0n) is 10.1. The van der Waals surface area contributed by atoms with Crippen LogP contribution in [0.2, 0.25) is 0 Å². The number of fused-ring (bicyclic) bond motifs is 1. The van der Waals surface area contributed by atoms with Gasteiger partial charge in [-0.05, 0) is 47.4 Å². The van der Waals surface area contributed by atoms with Gasteiger partial charge in [-0.2, -0.15) is 0 Å². The molecule has 0 saturated carbocycles. The minimum atomic E-state index is 0.834. The van der Waals surface area contributed by atoms with Gasteiger partial charge in [-0.25, -0.2) is 0 Å². The number of hydrogen-bond donors (Lipinski definition) is 0. The smallest absolute Gasteiger partial charge is 0.0701 e. The molecule has 0 aliphatic carbocycles. The molecular weight excluding hydrogens is 296 g/mol. The van der Waals surface area contributed by atoms with Crippen LogP contribution in [-0.2, 0) is 6.54 Å². The first-order valence-corrected chi connectivity index (χ1v) is 8.13. The summed E-state index contributed by atoms with van der Waals surface area (Å²) in [4.78, 5) is 6.82. The molecule has 2 saturated heterocycles. The van der Waals surface area contributed by atoms with Crippen molar-refractivity contribution in [1.82, 2.24) is 9.80 Å². The molecule has 0 radical (unpaired) electrons. The second-order valence-electron chi connectivity index (χ2n) is 5.13. The van der Waals surface area contributed by atoms with Crippen LogP contribution in [0, 0.1) is 0 Å². The molecular formula is C13H19BrN2S. The van der Waals surface area contributed by atoms with E-state index in [0.717, 1.165) is 12.6 Å². The van der Waals surface area contributed by atoms with Crippen LogP contribution in [0.5, 0.6) is 0 Å². The Balaban J connectivity index is 1.58. The molecule has 0 bridgehead atoms. The van der Waals surface area contributed by atoms with Crippen LogP contribution in [0.3, 0.4) is 0 Å². The van der Waals surface area contributed by atoms with Crippen LogP contribution >= 0.6 is 27.3 Å². The summed E-state index contributed by atoms with van der Waals surface area (Å²) in [6, 6.07) is 5.25. The number of piperazine rings is 1. The summed E-state index contributed by atoms with van der Waals surface area (Å²) in [7, 11) is 0. The second-order valence-corrected chi connectivity index (χ2v) is 7.67. The molecule has 94 valence electrons. The van der Waals surface area contributed by atoms with Crippen LogP contribution in [0.1, 0.15) is 24.1 Å². The van der Waals surface area contributed by atoms with Crippen molar-refractivity contribution in [1.29, 1.82) is 0 Å². The summed E-state index contributed by atoms with van der Waals surface area (Å²) in [5.41, 5.74) is 0. The molecule has 0 aromatic carbocycles. The highest BCUT2D eigenvalue weighted by Gasteiger charge is 2.28. The van der Waals surface area contributed by atoms with Crippen molar-refractivity contribution < 1.29 is 0 Å². The molecule has 4 heteroatoms. The highest BCUT2D eigenvalue weighted by molar-refractivity contribution is 9.11. The maximum Gasteiger partial charge on any atom is 0.0701 e. The van der Waals surface area contributed by atoms with E-state index >= 15 is 0 Å². The quantitative estimate of drug-likeness (QED) is 0.827. The SMILES string of the molecule is Brc1ccc(CN2CCN3CCCCC3C2)s1. The van der Waals surface area contributed by atoms with Crippen LogP contribution in [0.15, 0.2) is 15.9 Å². The summed E-state index contributed by atoms with van der Waals surface area (Å²) in [6.45, 7) is 6.27. The fraction of sp³-hybridized carbons (Fsp3) is 0.692. The molecule has 1 unspecified atom stereocenters. The van der Waals surface area contributed by atoms with Crippen molar-refractivity contribution in [2.75, 3.05) is 26.2 Å². The monoisotopic (exact) mass is 314 g/mol. The van der Waals surface area contributed by atoms with Gasteiger partial charge in [-0.1, -0.05) is 6.42 Å².